The molecule has 0 bridgehead atoms. The molecule has 1 N–H and O–H groups in total. The maximum atomic E-state index is 9.61. The summed E-state index contributed by atoms with van der Waals surface area (Å²) < 4.78 is 23.8. The lowest BCUT2D eigenvalue weighted by atomic mass is 10.0. The molecule has 44 heavy (non-hydrogen) atoms. The third kappa shape index (κ3) is 24.7. The maximum absolute atomic E-state index is 9.61. The van der Waals surface area contributed by atoms with E-state index in [0.29, 0.717) is 0 Å². The second-order valence-corrected chi connectivity index (χ2v) is 13.1. The molecule has 262 valence electrons. The number of rotatable bonds is 35. The zero-order valence-corrected chi connectivity index (χ0v) is 29.8. The molecule has 1 rings (SSSR count). The van der Waals surface area contributed by atoms with Crippen LogP contribution < -0.4 is 0 Å². The molecule has 0 aliphatic carbocycles. The molecule has 0 aromatic carbocycles. The summed E-state index contributed by atoms with van der Waals surface area (Å²) in [4.78, 5) is 2.41. The van der Waals surface area contributed by atoms with Crippen LogP contribution in [-0.4, -0.2) is 74.8 Å². The van der Waals surface area contributed by atoms with Crippen LogP contribution in [-0.2, 0) is 18.9 Å². The summed E-state index contributed by atoms with van der Waals surface area (Å²) in [6.07, 6.45) is 33.2. The molecule has 4 atom stereocenters. The zero-order valence-electron chi connectivity index (χ0n) is 29.8. The largest absolute Gasteiger partial charge is 0.395 e. The second kappa shape index (κ2) is 31.1. The topological polar surface area (TPSA) is 63.7 Å². The number of ether oxygens (including phenoxy) is 4. The Labute approximate surface area is 274 Å². The molecule has 1 aliphatic rings. The predicted molar refractivity (Wildman–Crippen MR) is 186 cm³/mol. The van der Waals surface area contributed by atoms with E-state index in [2.05, 4.69) is 37.8 Å². The molecular weight excluding hydrogens is 550 g/mol. The van der Waals surface area contributed by atoms with Crippen molar-refractivity contribution in [2.24, 2.45) is 0 Å². The summed E-state index contributed by atoms with van der Waals surface area (Å²) in [7, 11) is 1.76. The van der Waals surface area contributed by atoms with E-state index in [9.17, 15) is 5.11 Å². The summed E-state index contributed by atoms with van der Waals surface area (Å²) >= 11 is 0. The van der Waals surface area contributed by atoms with Crippen molar-refractivity contribution in [3.63, 3.8) is 0 Å². The van der Waals surface area contributed by atoms with Gasteiger partial charge in [-0.1, -0.05) is 123 Å². The molecule has 0 saturated carbocycles. The predicted octanol–water partition coefficient (Wildman–Crippen LogP) is 9.97. The van der Waals surface area contributed by atoms with Gasteiger partial charge in [-0.25, -0.2) is 0 Å². The van der Waals surface area contributed by atoms with E-state index in [1.807, 2.05) is 0 Å². The van der Waals surface area contributed by atoms with Crippen LogP contribution in [0.25, 0.3) is 0 Å². The molecule has 1 fully saturated rings. The van der Waals surface area contributed by atoms with Gasteiger partial charge in [-0.2, -0.15) is 0 Å². The number of epoxide rings is 1. The minimum absolute atomic E-state index is 0.0380. The van der Waals surface area contributed by atoms with E-state index >= 15 is 0 Å². The van der Waals surface area contributed by atoms with Gasteiger partial charge in [-0.05, 0) is 64.3 Å². The van der Waals surface area contributed by atoms with Crippen molar-refractivity contribution in [3.05, 3.63) is 12.2 Å². The van der Waals surface area contributed by atoms with Crippen LogP contribution in [0.5, 0.6) is 0 Å². The molecule has 0 spiro atoms. The molecule has 6 heteroatoms. The van der Waals surface area contributed by atoms with Crippen LogP contribution in [0.2, 0.25) is 0 Å². The van der Waals surface area contributed by atoms with Gasteiger partial charge in [0, 0.05) is 26.8 Å². The van der Waals surface area contributed by atoms with Gasteiger partial charge in [0.15, 0.2) is 12.6 Å². The van der Waals surface area contributed by atoms with E-state index < -0.39 is 0 Å². The third-order valence-corrected chi connectivity index (χ3v) is 8.91. The number of hydrogen-bond donors (Lipinski definition) is 1. The van der Waals surface area contributed by atoms with E-state index in [1.165, 1.54) is 116 Å². The number of unbranched alkanes of at least 4 members (excludes halogenated alkanes) is 15. The minimum atomic E-state index is -0.0392. The van der Waals surface area contributed by atoms with E-state index in [-0.39, 0.29) is 31.4 Å². The van der Waals surface area contributed by atoms with Gasteiger partial charge < -0.3 is 29.0 Å². The molecular formula is C38H75NO5. The number of allylic oxidation sites excluding steroid dienone is 1. The van der Waals surface area contributed by atoms with Crippen LogP contribution in [0.1, 0.15) is 168 Å². The fourth-order valence-corrected chi connectivity index (χ4v) is 5.89. The number of hydrogen-bond acceptors (Lipinski definition) is 6. The average Bonchev–Trinajstić information content (AvgIpc) is 3.78. The van der Waals surface area contributed by atoms with E-state index in [4.69, 9.17) is 18.9 Å². The van der Waals surface area contributed by atoms with Crippen LogP contribution in [0, 0.1) is 0 Å². The Morgan fingerprint density at radius 2 is 1.34 bits per heavy atom. The van der Waals surface area contributed by atoms with Crippen molar-refractivity contribution < 1.29 is 24.1 Å². The quantitative estimate of drug-likeness (QED) is 0.0327. The Bertz CT molecular complexity index is 618. The molecule has 0 aromatic rings. The molecule has 0 radical (unpaired) electrons. The molecule has 6 nitrogen and oxygen atoms in total. The molecule has 1 heterocycles. The summed E-state index contributed by atoms with van der Waals surface area (Å²) in [5, 5.41) is 9.61. The van der Waals surface area contributed by atoms with E-state index in [0.717, 1.165) is 58.3 Å². The van der Waals surface area contributed by atoms with E-state index in [1.54, 1.807) is 7.11 Å². The van der Waals surface area contributed by atoms with Gasteiger partial charge in [0.2, 0.25) is 0 Å². The Balaban J connectivity index is 2.23. The van der Waals surface area contributed by atoms with Crippen molar-refractivity contribution in [2.75, 3.05) is 40.0 Å². The standard InChI is InChI=1S/C38H75NO5/c1-5-8-11-13-17-21-26-35(27-22-18-14-12-9-6-2)43-38-36(44-38)29-31-39(32-33-40)30-24-20-16-15-19-23-28-37(41-4)42-34-25-10-7-3/h17,21,35-38,40H,5-16,18-20,22-34H2,1-4H3/b21-17+/t35?,36-,37-,38?/m0/s1. The monoisotopic (exact) mass is 626 g/mol. The first-order valence-corrected chi connectivity index (χ1v) is 19.1. The lowest BCUT2D eigenvalue weighted by Gasteiger charge is -2.21. The van der Waals surface area contributed by atoms with Crippen molar-refractivity contribution >= 4 is 0 Å². The number of nitrogens with zero attached hydrogens (tertiary/aromatic N) is 1. The molecule has 2 unspecified atom stereocenters. The fraction of sp³-hybridized carbons (Fsp3) is 0.947. The first kappa shape index (κ1) is 41.5. The van der Waals surface area contributed by atoms with Crippen LogP contribution in [0.4, 0.5) is 0 Å². The first-order valence-electron chi connectivity index (χ1n) is 19.1. The lowest BCUT2D eigenvalue weighted by Crippen LogP contribution is -2.30. The second-order valence-electron chi connectivity index (χ2n) is 13.1. The number of aliphatic hydroxyl groups excluding tert-OH is 1. The summed E-state index contributed by atoms with van der Waals surface area (Å²) in [6, 6.07) is 0. The summed E-state index contributed by atoms with van der Waals surface area (Å²) in [5.74, 6) is 0. The Morgan fingerprint density at radius 3 is 2.05 bits per heavy atom. The fourth-order valence-electron chi connectivity index (χ4n) is 5.89. The Morgan fingerprint density at radius 1 is 0.705 bits per heavy atom. The van der Waals surface area contributed by atoms with Crippen LogP contribution >= 0.6 is 0 Å². The summed E-state index contributed by atoms with van der Waals surface area (Å²) in [5.41, 5.74) is 0. The highest BCUT2D eigenvalue weighted by Gasteiger charge is 2.41. The minimum Gasteiger partial charge on any atom is -0.395 e. The zero-order chi connectivity index (χ0) is 31.9. The highest BCUT2D eigenvalue weighted by molar-refractivity contribution is 4.87. The van der Waals surface area contributed by atoms with Crippen LogP contribution in [0.3, 0.4) is 0 Å². The van der Waals surface area contributed by atoms with Crippen molar-refractivity contribution in [1.82, 2.24) is 4.90 Å². The molecule has 0 aromatic heterocycles. The van der Waals surface area contributed by atoms with Gasteiger partial charge in [-0.3, -0.25) is 0 Å². The lowest BCUT2D eigenvalue weighted by molar-refractivity contribution is -0.128. The third-order valence-electron chi connectivity index (χ3n) is 8.91. The highest BCUT2D eigenvalue weighted by atomic mass is 16.8. The van der Waals surface area contributed by atoms with Crippen molar-refractivity contribution in [2.45, 2.75) is 193 Å². The Hall–Kier alpha value is -0.500. The van der Waals surface area contributed by atoms with Gasteiger partial charge in [-0.15, -0.1) is 0 Å². The molecule has 0 amide bonds. The van der Waals surface area contributed by atoms with Crippen molar-refractivity contribution in [3.8, 4) is 0 Å². The van der Waals surface area contributed by atoms with Crippen molar-refractivity contribution in [1.29, 1.82) is 0 Å². The van der Waals surface area contributed by atoms with Gasteiger partial charge >= 0.3 is 0 Å². The molecule has 1 aliphatic heterocycles. The first-order chi connectivity index (χ1) is 21.7. The average molecular weight is 626 g/mol. The highest BCUT2D eigenvalue weighted by Crippen LogP contribution is 2.30. The van der Waals surface area contributed by atoms with Gasteiger partial charge in [0.1, 0.15) is 6.10 Å². The Kier molecular flexibility index (Phi) is 29.4. The number of methoxy groups -OCH3 is 1. The normalized spacial score (nSPS) is 18.0. The smallest absolute Gasteiger partial charge is 0.184 e. The number of aliphatic hydroxyl groups is 1. The SMILES string of the molecule is CCCCC/C=C/CC(CCCCCCCC)OC1O[C@H]1CCN(CCO)CCCCCCCC[C@@H](OC)OCCCCC. The van der Waals surface area contributed by atoms with Crippen LogP contribution in [0.15, 0.2) is 12.2 Å². The summed E-state index contributed by atoms with van der Waals surface area (Å²) in [6.45, 7) is 10.6. The molecule has 1 saturated heterocycles. The maximum Gasteiger partial charge on any atom is 0.184 e. The van der Waals surface area contributed by atoms with Gasteiger partial charge in [0.05, 0.1) is 12.7 Å². The van der Waals surface area contributed by atoms with Gasteiger partial charge in [0.25, 0.3) is 0 Å².